The minimum Gasteiger partial charge on any atom is -0.372 e. The van der Waals surface area contributed by atoms with Crippen LogP contribution in [0.3, 0.4) is 0 Å². The van der Waals surface area contributed by atoms with Crippen molar-refractivity contribution in [2.45, 2.75) is 25.8 Å². The number of aryl methyl sites for hydroxylation is 1. The standard InChI is InChI=1S/C13H18BrN3O2/c1-9-6-13(11(14)7-12(9)17(18)19)16(2)8-10-4-3-5-15-10/h6-7,10,15H,3-5,8H2,1-2H3. The highest BCUT2D eigenvalue weighted by Crippen LogP contribution is 2.32. The highest BCUT2D eigenvalue weighted by molar-refractivity contribution is 9.10. The van der Waals surface area contributed by atoms with E-state index in [1.54, 1.807) is 13.0 Å². The van der Waals surface area contributed by atoms with E-state index < -0.39 is 0 Å². The molecule has 5 nitrogen and oxygen atoms in total. The fraction of sp³-hybridized carbons (Fsp3) is 0.538. The van der Waals surface area contributed by atoms with Crippen molar-refractivity contribution < 1.29 is 4.92 Å². The topological polar surface area (TPSA) is 58.4 Å². The molecule has 0 aliphatic carbocycles. The van der Waals surface area contributed by atoms with Gasteiger partial charge in [-0.05, 0) is 48.3 Å². The van der Waals surface area contributed by atoms with Crippen LogP contribution in [0.15, 0.2) is 16.6 Å². The number of hydrogen-bond donors (Lipinski definition) is 1. The van der Waals surface area contributed by atoms with Crippen molar-refractivity contribution in [1.29, 1.82) is 0 Å². The van der Waals surface area contributed by atoms with Gasteiger partial charge in [0.15, 0.2) is 0 Å². The summed E-state index contributed by atoms with van der Waals surface area (Å²) in [4.78, 5) is 12.7. The average molecular weight is 328 g/mol. The predicted molar refractivity (Wildman–Crippen MR) is 79.8 cm³/mol. The molecule has 0 spiro atoms. The summed E-state index contributed by atoms with van der Waals surface area (Å²) in [6.45, 7) is 3.77. The highest BCUT2D eigenvalue weighted by Gasteiger charge is 2.20. The zero-order valence-electron chi connectivity index (χ0n) is 11.1. The molecule has 0 aromatic heterocycles. The molecule has 19 heavy (non-hydrogen) atoms. The average Bonchev–Trinajstić information content (AvgIpc) is 2.83. The minimum absolute atomic E-state index is 0.156. The molecule has 1 atom stereocenters. The van der Waals surface area contributed by atoms with Crippen LogP contribution in [0.4, 0.5) is 11.4 Å². The summed E-state index contributed by atoms with van der Waals surface area (Å²) in [6, 6.07) is 3.97. The SMILES string of the molecule is Cc1cc(N(C)CC2CCCN2)c(Br)cc1[N+](=O)[O-]. The van der Waals surface area contributed by atoms with Gasteiger partial charge >= 0.3 is 0 Å². The van der Waals surface area contributed by atoms with Gasteiger partial charge in [-0.1, -0.05) is 0 Å². The molecule has 1 fully saturated rings. The number of rotatable bonds is 4. The van der Waals surface area contributed by atoms with Gasteiger partial charge in [0.25, 0.3) is 5.69 Å². The number of nitro groups is 1. The maximum absolute atomic E-state index is 10.9. The molecule has 1 aliphatic heterocycles. The second kappa shape index (κ2) is 5.88. The molecule has 1 aromatic rings. The molecule has 1 saturated heterocycles. The van der Waals surface area contributed by atoms with Crippen LogP contribution in [0, 0.1) is 17.0 Å². The maximum Gasteiger partial charge on any atom is 0.273 e. The van der Waals surface area contributed by atoms with E-state index >= 15 is 0 Å². The molecule has 0 bridgehead atoms. The third-order valence-electron chi connectivity index (χ3n) is 3.53. The number of likely N-dealkylation sites (N-methyl/N-ethyl adjacent to an activating group) is 1. The molecule has 6 heteroatoms. The zero-order valence-corrected chi connectivity index (χ0v) is 12.7. The summed E-state index contributed by atoms with van der Waals surface area (Å²) in [5.41, 5.74) is 1.84. The lowest BCUT2D eigenvalue weighted by molar-refractivity contribution is -0.385. The number of nitrogens with zero attached hydrogens (tertiary/aromatic N) is 2. The molecule has 0 amide bonds. The zero-order chi connectivity index (χ0) is 14.0. The molecule has 1 aromatic carbocycles. The fourth-order valence-electron chi connectivity index (χ4n) is 2.49. The van der Waals surface area contributed by atoms with Crippen LogP contribution in [0.25, 0.3) is 0 Å². The third-order valence-corrected chi connectivity index (χ3v) is 4.17. The van der Waals surface area contributed by atoms with E-state index in [0.29, 0.717) is 11.6 Å². The van der Waals surface area contributed by atoms with Gasteiger partial charge in [-0.25, -0.2) is 0 Å². The van der Waals surface area contributed by atoms with Crippen LogP contribution < -0.4 is 10.2 Å². The number of benzene rings is 1. The van der Waals surface area contributed by atoms with Crippen LogP contribution in [0.5, 0.6) is 0 Å². The number of halogens is 1. The van der Waals surface area contributed by atoms with Crippen LogP contribution in [0.2, 0.25) is 0 Å². The maximum atomic E-state index is 10.9. The number of nitro benzene ring substituents is 1. The normalized spacial score (nSPS) is 18.6. The van der Waals surface area contributed by atoms with Crippen LogP contribution in [-0.2, 0) is 0 Å². The third kappa shape index (κ3) is 3.25. The van der Waals surface area contributed by atoms with Crippen molar-refractivity contribution in [2.75, 3.05) is 25.0 Å². The van der Waals surface area contributed by atoms with Gasteiger partial charge in [0, 0.05) is 35.7 Å². The summed E-state index contributed by atoms with van der Waals surface area (Å²) >= 11 is 3.43. The molecule has 1 unspecified atom stereocenters. The van der Waals surface area contributed by atoms with Crippen LogP contribution in [-0.4, -0.2) is 31.1 Å². The monoisotopic (exact) mass is 327 g/mol. The molecule has 0 radical (unpaired) electrons. The van der Waals surface area contributed by atoms with E-state index in [-0.39, 0.29) is 10.6 Å². The van der Waals surface area contributed by atoms with Crippen LogP contribution >= 0.6 is 15.9 Å². The Morgan fingerprint density at radius 2 is 2.32 bits per heavy atom. The van der Waals surface area contributed by atoms with Crippen molar-refractivity contribution in [2.24, 2.45) is 0 Å². The summed E-state index contributed by atoms with van der Waals surface area (Å²) in [5, 5.41) is 14.4. The Balaban J connectivity index is 2.19. The van der Waals surface area contributed by atoms with E-state index in [4.69, 9.17) is 0 Å². The highest BCUT2D eigenvalue weighted by atomic mass is 79.9. The Morgan fingerprint density at radius 3 is 2.89 bits per heavy atom. The number of anilines is 1. The quantitative estimate of drug-likeness (QED) is 0.682. The first kappa shape index (κ1) is 14.3. The van der Waals surface area contributed by atoms with Gasteiger partial charge in [-0.3, -0.25) is 10.1 Å². The lowest BCUT2D eigenvalue weighted by Crippen LogP contribution is -2.35. The molecule has 2 rings (SSSR count). The van der Waals surface area contributed by atoms with Gasteiger partial charge in [-0.15, -0.1) is 0 Å². The molecule has 1 heterocycles. The molecule has 104 valence electrons. The molecular weight excluding hydrogens is 310 g/mol. The molecule has 1 aliphatic rings. The first-order valence-corrected chi connectivity index (χ1v) is 7.17. The van der Waals surface area contributed by atoms with Crippen molar-refractivity contribution in [1.82, 2.24) is 5.32 Å². The predicted octanol–water partition coefficient (Wildman–Crippen LogP) is 2.85. The largest absolute Gasteiger partial charge is 0.372 e. The Morgan fingerprint density at radius 1 is 1.58 bits per heavy atom. The van der Waals surface area contributed by atoms with Crippen molar-refractivity contribution in [3.63, 3.8) is 0 Å². The number of hydrogen-bond acceptors (Lipinski definition) is 4. The van der Waals surface area contributed by atoms with Gasteiger partial charge in [0.2, 0.25) is 0 Å². The second-order valence-corrected chi connectivity index (χ2v) is 5.88. The minimum atomic E-state index is -0.345. The van der Waals surface area contributed by atoms with Crippen LogP contribution in [0.1, 0.15) is 18.4 Å². The van der Waals surface area contributed by atoms with Crippen molar-refractivity contribution in [3.05, 3.63) is 32.3 Å². The Bertz CT molecular complexity index is 487. The summed E-state index contributed by atoms with van der Waals surface area (Å²) in [6.07, 6.45) is 2.41. The number of nitrogens with one attached hydrogen (secondary N) is 1. The summed E-state index contributed by atoms with van der Waals surface area (Å²) < 4.78 is 0.769. The smallest absolute Gasteiger partial charge is 0.273 e. The Labute approximate surface area is 121 Å². The summed E-state index contributed by atoms with van der Waals surface area (Å²) in [5.74, 6) is 0. The van der Waals surface area contributed by atoms with E-state index in [1.165, 1.54) is 12.8 Å². The Hall–Kier alpha value is -1.14. The van der Waals surface area contributed by atoms with Gasteiger partial charge in [0.05, 0.1) is 10.6 Å². The van der Waals surface area contributed by atoms with E-state index in [0.717, 1.165) is 23.2 Å². The van der Waals surface area contributed by atoms with Crippen molar-refractivity contribution in [3.8, 4) is 0 Å². The van der Waals surface area contributed by atoms with Gasteiger partial charge in [-0.2, -0.15) is 0 Å². The molecule has 0 saturated carbocycles. The molecule has 1 N–H and O–H groups in total. The van der Waals surface area contributed by atoms with Gasteiger partial charge < -0.3 is 10.2 Å². The second-order valence-electron chi connectivity index (χ2n) is 5.02. The first-order chi connectivity index (χ1) is 8.99. The lowest BCUT2D eigenvalue weighted by Gasteiger charge is -2.24. The van der Waals surface area contributed by atoms with Gasteiger partial charge in [0.1, 0.15) is 0 Å². The lowest BCUT2D eigenvalue weighted by atomic mass is 10.1. The van der Waals surface area contributed by atoms with E-state index in [1.807, 2.05) is 13.1 Å². The summed E-state index contributed by atoms with van der Waals surface area (Å²) in [7, 11) is 2.02. The first-order valence-electron chi connectivity index (χ1n) is 6.38. The van der Waals surface area contributed by atoms with Crippen molar-refractivity contribution >= 4 is 27.3 Å². The fourth-order valence-corrected chi connectivity index (χ4v) is 3.12. The van der Waals surface area contributed by atoms with E-state index in [9.17, 15) is 10.1 Å². The molecular formula is C13H18BrN3O2. The Kier molecular flexibility index (Phi) is 4.42. The van der Waals surface area contributed by atoms with E-state index in [2.05, 4.69) is 26.1 Å².